The number of hydrogen-bond donors (Lipinski definition) is 0. The van der Waals surface area contributed by atoms with Crippen molar-refractivity contribution in [1.82, 2.24) is 14.7 Å². The lowest BCUT2D eigenvalue weighted by atomic mass is 10.1. The van der Waals surface area contributed by atoms with E-state index in [1.165, 1.54) is 5.56 Å². The summed E-state index contributed by atoms with van der Waals surface area (Å²) in [4.78, 5) is 31.3. The largest absolute Gasteiger partial charge is 0.497 e. The third-order valence-electron chi connectivity index (χ3n) is 5.55. The van der Waals surface area contributed by atoms with Crippen LogP contribution in [0.3, 0.4) is 0 Å². The Labute approximate surface area is 165 Å². The van der Waals surface area contributed by atoms with Gasteiger partial charge in [-0.2, -0.15) is 0 Å². The highest BCUT2D eigenvalue weighted by Crippen LogP contribution is 2.24. The van der Waals surface area contributed by atoms with Crippen LogP contribution in [0.1, 0.15) is 21.5 Å². The average molecular weight is 379 g/mol. The highest BCUT2D eigenvalue weighted by Gasteiger charge is 2.41. The van der Waals surface area contributed by atoms with Crippen LogP contribution in [0.4, 0.5) is 4.79 Å². The number of benzene rings is 2. The van der Waals surface area contributed by atoms with E-state index < -0.39 is 0 Å². The quantitative estimate of drug-likeness (QED) is 0.821. The van der Waals surface area contributed by atoms with E-state index >= 15 is 0 Å². The number of carbonyl (C=O) groups excluding carboxylic acids is 2. The zero-order valence-corrected chi connectivity index (χ0v) is 16.3. The first-order valence-electron chi connectivity index (χ1n) is 9.59. The summed E-state index contributed by atoms with van der Waals surface area (Å²) in [7, 11) is 1.61. The first kappa shape index (κ1) is 18.3. The molecule has 0 saturated carbocycles. The highest BCUT2D eigenvalue weighted by molar-refractivity contribution is 5.94. The second-order valence-corrected chi connectivity index (χ2v) is 7.48. The third kappa shape index (κ3) is 3.54. The molecule has 1 atom stereocenters. The van der Waals surface area contributed by atoms with Crippen molar-refractivity contribution in [3.8, 4) is 5.75 Å². The van der Waals surface area contributed by atoms with Crippen molar-refractivity contribution in [2.75, 3.05) is 33.3 Å². The number of rotatable bonds is 4. The molecule has 0 N–H and O–H groups in total. The van der Waals surface area contributed by atoms with Gasteiger partial charge in [-0.25, -0.2) is 4.79 Å². The topological polar surface area (TPSA) is 53.1 Å². The van der Waals surface area contributed by atoms with Crippen LogP contribution in [0.2, 0.25) is 0 Å². The first-order valence-corrected chi connectivity index (χ1v) is 9.59. The van der Waals surface area contributed by atoms with Crippen LogP contribution < -0.4 is 4.74 Å². The van der Waals surface area contributed by atoms with Crippen molar-refractivity contribution < 1.29 is 14.3 Å². The minimum atomic E-state index is 0.00624. The Hall–Kier alpha value is -3.02. The van der Waals surface area contributed by atoms with E-state index in [0.29, 0.717) is 38.3 Å². The number of methoxy groups -OCH3 is 1. The normalized spacial score (nSPS) is 19.0. The van der Waals surface area contributed by atoms with E-state index in [4.69, 9.17) is 4.74 Å². The number of nitrogens with zero attached hydrogens (tertiary/aromatic N) is 3. The molecule has 2 saturated heterocycles. The molecule has 0 radical (unpaired) electrons. The summed E-state index contributed by atoms with van der Waals surface area (Å²) in [6.45, 7) is 5.03. The number of piperazine rings is 1. The van der Waals surface area contributed by atoms with Crippen molar-refractivity contribution in [1.29, 1.82) is 0 Å². The molecule has 2 fully saturated rings. The molecule has 6 nitrogen and oxygen atoms in total. The molecule has 146 valence electrons. The Bertz CT molecular complexity index is 864. The predicted octanol–water partition coefficient (Wildman–Crippen LogP) is 2.77. The number of urea groups is 1. The summed E-state index contributed by atoms with van der Waals surface area (Å²) in [5, 5.41) is 0. The van der Waals surface area contributed by atoms with E-state index in [2.05, 4.69) is 31.2 Å². The molecule has 3 amide bonds. The number of hydrogen-bond acceptors (Lipinski definition) is 3. The number of amides is 3. The van der Waals surface area contributed by atoms with Crippen molar-refractivity contribution in [2.24, 2.45) is 0 Å². The zero-order chi connectivity index (χ0) is 19.7. The van der Waals surface area contributed by atoms with E-state index in [-0.39, 0.29) is 18.0 Å². The molecule has 2 aromatic carbocycles. The van der Waals surface area contributed by atoms with Crippen LogP contribution >= 0.6 is 0 Å². The lowest BCUT2D eigenvalue weighted by Crippen LogP contribution is -2.53. The molecule has 0 bridgehead atoms. The third-order valence-corrected chi connectivity index (χ3v) is 5.55. The zero-order valence-electron chi connectivity index (χ0n) is 16.3. The molecule has 0 unspecified atom stereocenters. The minimum Gasteiger partial charge on any atom is -0.497 e. The van der Waals surface area contributed by atoms with Crippen LogP contribution in [0.15, 0.2) is 48.5 Å². The molecular weight excluding hydrogens is 354 g/mol. The van der Waals surface area contributed by atoms with Gasteiger partial charge < -0.3 is 19.4 Å². The smallest absolute Gasteiger partial charge is 0.320 e. The average Bonchev–Trinajstić information content (AvgIpc) is 3.04. The van der Waals surface area contributed by atoms with Crippen molar-refractivity contribution >= 4 is 11.9 Å². The summed E-state index contributed by atoms with van der Waals surface area (Å²) in [5.74, 6) is 0.737. The Morgan fingerprint density at radius 3 is 2.43 bits per heavy atom. The molecule has 0 spiro atoms. The van der Waals surface area contributed by atoms with Crippen LogP contribution in [0.5, 0.6) is 5.75 Å². The van der Waals surface area contributed by atoms with Crippen LogP contribution in [0.25, 0.3) is 0 Å². The summed E-state index contributed by atoms with van der Waals surface area (Å²) < 4.78 is 5.16. The van der Waals surface area contributed by atoms with Gasteiger partial charge >= 0.3 is 6.03 Å². The highest BCUT2D eigenvalue weighted by atomic mass is 16.5. The Morgan fingerprint density at radius 1 is 1.04 bits per heavy atom. The molecule has 4 rings (SSSR count). The second kappa shape index (κ2) is 7.54. The van der Waals surface area contributed by atoms with Gasteiger partial charge in [-0.15, -0.1) is 0 Å². The maximum atomic E-state index is 12.8. The summed E-state index contributed by atoms with van der Waals surface area (Å²) in [6, 6.07) is 15.6. The minimum absolute atomic E-state index is 0.00624. The van der Waals surface area contributed by atoms with Gasteiger partial charge in [-0.3, -0.25) is 4.79 Å². The standard InChI is InChI=1S/C22H25N3O3/c1-16-3-5-17(6-4-16)13-24-15-19-14-23(11-12-25(19)22(24)27)21(26)18-7-9-20(28-2)10-8-18/h3-10,19H,11-15H2,1-2H3/t19-/m1/s1. The van der Waals surface area contributed by atoms with Crippen molar-refractivity contribution in [3.63, 3.8) is 0 Å². The molecule has 2 aliphatic rings. The molecule has 0 aliphatic carbocycles. The monoisotopic (exact) mass is 379 g/mol. The lowest BCUT2D eigenvalue weighted by molar-refractivity contribution is 0.0617. The van der Waals surface area contributed by atoms with Crippen LogP contribution in [-0.4, -0.2) is 66.0 Å². The van der Waals surface area contributed by atoms with E-state index in [1.807, 2.05) is 14.7 Å². The molecule has 28 heavy (non-hydrogen) atoms. The Kier molecular flexibility index (Phi) is 4.94. The fourth-order valence-corrected chi connectivity index (χ4v) is 3.92. The second-order valence-electron chi connectivity index (χ2n) is 7.48. The fraction of sp³-hybridized carbons (Fsp3) is 0.364. The Morgan fingerprint density at radius 2 is 1.75 bits per heavy atom. The van der Waals surface area contributed by atoms with Gasteiger partial charge in [0.15, 0.2) is 0 Å². The van der Waals surface area contributed by atoms with E-state index in [0.717, 1.165) is 11.3 Å². The van der Waals surface area contributed by atoms with E-state index in [9.17, 15) is 9.59 Å². The maximum absolute atomic E-state index is 12.8. The van der Waals surface area contributed by atoms with Gasteiger partial charge in [0.25, 0.3) is 5.91 Å². The van der Waals surface area contributed by atoms with Crippen molar-refractivity contribution in [3.05, 3.63) is 65.2 Å². The molecular formula is C22H25N3O3. The first-order chi connectivity index (χ1) is 13.5. The summed E-state index contributed by atoms with van der Waals surface area (Å²) in [5.41, 5.74) is 2.99. The molecule has 6 heteroatoms. The van der Waals surface area contributed by atoms with Crippen LogP contribution in [-0.2, 0) is 6.54 Å². The molecule has 2 aromatic rings. The summed E-state index contributed by atoms with van der Waals surface area (Å²) >= 11 is 0. The SMILES string of the molecule is COc1ccc(C(=O)N2CCN3C(=O)N(Cc4ccc(C)cc4)C[C@H]3C2)cc1. The van der Waals surface area contributed by atoms with Gasteiger partial charge in [-0.05, 0) is 36.8 Å². The molecule has 2 heterocycles. The molecule has 2 aliphatic heterocycles. The number of carbonyl (C=O) groups is 2. The predicted molar refractivity (Wildman–Crippen MR) is 106 cm³/mol. The lowest BCUT2D eigenvalue weighted by Gasteiger charge is -2.36. The van der Waals surface area contributed by atoms with Gasteiger partial charge in [0, 0.05) is 38.3 Å². The van der Waals surface area contributed by atoms with Gasteiger partial charge in [0.05, 0.1) is 13.2 Å². The number of fused-ring (bicyclic) bond motifs is 1. The number of ether oxygens (including phenoxy) is 1. The molecule has 0 aromatic heterocycles. The fourth-order valence-electron chi connectivity index (χ4n) is 3.92. The van der Waals surface area contributed by atoms with Gasteiger partial charge in [0.1, 0.15) is 5.75 Å². The van der Waals surface area contributed by atoms with E-state index in [1.54, 1.807) is 31.4 Å². The summed E-state index contributed by atoms with van der Waals surface area (Å²) in [6.07, 6.45) is 0. The van der Waals surface area contributed by atoms with Gasteiger partial charge in [0.2, 0.25) is 0 Å². The van der Waals surface area contributed by atoms with Gasteiger partial charge in [-0.1, -0.05) is 29.8 Å². The Balaban J connectivity index is 1.41. The van der Waals surface area contributed by atoms with Crippen molar-refractivity contribution in [2.45, 2.75) is 19.5 Å². The maximum Gasteiger partial charge on any atom is 0.320 e. The van der Waals surface area contributed by atoms with Crippen LogP contribution in [0, 0.1) is 6.92 Å². The number of aryl methyl sites for hydroxylation is 1.